The molecule has 56 valence electrons. The molecule has 0 atom stereocenters. The van der Waals surface area contributed by atoms with Crippen molar-refractivity contribution in [1.82, 2.24) is 0 Å². The van der Waals surface area contributed by atoms with Crippen molar-refractivity contribution in [3.05, 3.63) is 47.0 Å². The third kappa shape index (κ3) is 1.89. The summed E-state index contributed by atoms with van der Waals surface area (Å²) in [5, 5.41) is 2.57. The number of hydrogen-bond donors (Lipinski definition) is 1. The average Bonchev–Trinajstić information content (AvgIpc) is 2.07. The van der Waals surface area contributed by atoms with Crippen molar-refractivity contribution < 1.29 is 0 Å². The van der Waals surface area contributed by atoms with E-state index < -0.39 is 0 Å². The monoisotopic (exact) mass is 148 g/mol. The summed E-state index contributed by atoms with van der Waals surface area (Å²) in [7, 11) is 0. The highest BCUT2D eigenvalue weighted by molar-refractivity contribution is 5.61. The van der Waals surface area contributed by atoms with E-state index in [9.17, 15) is 4.91 Å². The van der Waals surface area contributed by atoms with Gasteiger partial charge in [-0.05, 0) is 10.7 Å². The van der Waals surface area contributed by atoms with E-state index in [1.54, 1.807) is 0 Å². The van der Waals surface area contributed by atoms with Crippen LogP contribution in [0.15, 0.2) is 41.7 Å². The van der Waals surface area contributed by atoms with Gasteiger partial charge in [0.2, 0.25) is 0 Å². The minimum Gasteiger partial charge on any atom is -0.397 e. The van der Waals surface area contributed by atoms with E-state index in [1.165, 1.54) is 0 Å². The number of nitroso groups, excluding NO2 is 1. The highest BCUT2D eigenvalue weighted by atomic mass is 16.2. The summed E-state index contributed by atoms with van der Waals surface area (Å²) < 4.78 is 0. The molecule has 0 aliphatic heterocycles. The first-order chi connectivity index (χ1) is 5.34. The third-order valence-electron chi connectivity index (χ3n) is 1.30. The third-order valence-corrected chi connectivity index (χ3v) is 1.30. The summed E-state index contributed by atoms with van der Waals surface area (Å²) in [5.74, 6) is 0. The molecule has 1 rings (SSSR count). The van der Waals surface area contributed by atoms with Gasteiger partial charge in [0.15, 0.2) is 0 Å². The molecule has 0 bridgehead atoms. The van der Waals surface area contributed by atoms with Gasteiger partial charge >= 0.3 is 0 Å². The van der Waals surface area contributed by atoms with E-state index in [0.717, 1.165) is 11.8 Å². The van der Waals surface area contributed by atoms with Gasteiger partial charge in [-0.25, -0.2) is 0 Å². The molecule has 3 nitrogen and oxygen atoms in total. The maximum atomic E-state index is 9.78. The zero-order valence-electron chi connectivity index (χ0n) is 5.90. The highest BCUT2D eigenvalue weighted by Gasteiger charge is 1.92. The fourth-order valence-corrected chi connectivity index (χ4v) is 0.762. The fraction of sp³-hybridized carbons (Fsp3) is 0. The number of rotatable bonds is 2. The van der Waals surface area contributed by atoms with Crippen molar-refractivity contribution in [2.45, 2.75) is 0 Å². The van der Waals surface area contributed by atoms with Gasteiger partial charge < -0.3 is 5.73 Å². The lowest BCUT2D eigenvalue weighted by Crippen LogP contribution is -1.94. The van der Waals surface area contributed by atoms with Crippen LogP contribution in [0, 0.1) is 4.91 Å². The predicted octanol–water partition coefficient (Wildman–Crippen LogP) is 1.71. The number of benzene rings is 1. The smallest absolute Gasteiger partial charge is 0.0950 e. The molecule has 0 spiro atoms. The van der Waals surface area contributed by atoms with Crippen molar-refractivity contribution >= 4 is 5.70 Å². The topological polar surface area (TPSA) is 55.4 Å². The second-order valence-electron chi connectivity index (χ2n) is 2.06. The van der Waals surface area contributed by atoms with Gasteiger partial charge in [0, 0.05) is 0 Å². The van der Waals surface area contributed by atoms with E-state index in [0.29, 0.717) is 5.70 Å². The molecule has 0 aromatic heterocycles. The van der Waals surface area contributed by atoms with Gasteiger partial charge in [0.05, 0.1) is 11.9 Å². The van der Waals surface area contributed by atoms with Gasteiger partial charge in [-0.2, -0.15) is 0 Å². The standard InChI is InChI=1S/C8H8N2O/c9-8(6-10-11)7-4-2-1-3-5-7/h1-6H,9H2/b8-6-. The van der Waals surface area contributed by atoms with Gasteiger partial charge in [-0.15, -0.1) is 4.91 Å². The Hall–Kier alpha value is -1.64. The van der Waals surface area contributed by atoms with Gasteiger partial charge in [0.1, 0.15) is 0 Å². The average molecular weight is 148 g/mol. The van der Waals surface area contributed by atoms with Gasteiger partial charge in [-0.3, -0.25) is 0 Å². The lowest BCUT2D eigenvalue weighted by atomic mass is 10.2. The molecule has 0 amide bonds. The normalized spacial score (nSPS) is 11.1. The molecule has 1 aromatic carbocycles. The minimum absolute atomic E-state index is 0.389. The Morgan fingerprint density at radius 1 is 1.36 bits per heavy atom. The summed E-state index contributed by atoms with van der Waals surface area (Å²) in [6.07, 6.45) is 1.09. The van der Waals surface area contributed by atoms with Crippen LogP contribution in [0.25, 0.3) is 5.70 Å². The maximum Gasteiger partial charge on any atom is 0.0950 e. The van der Waals surface area contributed by atoms with Crippen LogP contribution in [0.4, 0.5) is 0 Å². The first-order valence-corrected chi connectivity index (χ1v) is 3.18. The van der Waals surface area contributed by atoms with Crippen LogP contribution in [-0.4, -0.2) is 0 Å². The first kappa shape index (κ1) is 7.47. The lowest BCUT2D eigenvalue weighted by Gasteiger charge is -1.96. The molecule has 0 radical (unpaired) electrons. The Morgan fingerprint density at radius 3 is 2.55 bits per heavy atom. The summed E-state index contributed by atoms with van der Waals surface area (Å²) in [4.78, 5) is 9.78. The van der Waals surface area contributed by atoms with E-state index in [4.69, 9.17) is 5.73 Å². The predicted molar refractivity (Wildman–Crippen MR) is 44.4 cm³/mol. The Labute approximate surface area is 64.5 Å². The molecule has 0 aliphatic carbocycles. The van der Waals surface area contributed by atoms with Crippen LogP contribution >= 0.6 is 0 Å². The number of hydrogen-bond acceptors (Lipinski definition) is 3. The molecule has 3 heteroatoms. The SMILES string of the molecule is N/C(=C\N=O)c1ccccc1. The van der Waals surface area contributed by atoms with E-state index in [-0.39, 0.29) is 0 Å². The molecule has 2 N–H and O–H groups in total. The van der Waals surface area contributed by atoms with Crippen LogP contribution in [0.3, 0.4) is 0 Å². The number of nitrogens with two attached hydrogens (primary N) is 1. The number of nitrogens with zero attached hydrogens (tertiary/aromatic N) is 1. The summed E-state index contributed by atoms with van der Waals surface area (Å²) >= 11 is 0. The Morgan fingerprint density at radius 2 is 2.00 bits per heavy atom. The zero-order valence-corrected chi connectivity index (χ0v) is 5.90. The van der Waals surface area contributed by atoms with Crippen molar-refractivity contribution in [3.63, 3.8) is 0 Å². The second-order valence-corrected chi connectivity index (χ2v) is 2.06. The molecule has 0 fully saturated rings. The molecule has 0 saturated carbocycles. The summed E-state index contributed by atoms with van der Waals surface area (Å²) in [5.41, 5.74) is 6.67. The van der Waals surface area contributed by atoms with Crippen LogP contribution < -0.4 is 5.73 Å². The molecule has 0 aliphatic rings. The lowest BCUT2D eigenvalue weighted by molar-refractivity contribution is 1.44. The van der Waals surface area contributed by atoms with Gasteiger partial charge in [0.25, 0.3) is 0 Å². The first-order valence-electron chi connectivity index (χ1n) is 3.18. The minimum atomic E-state index is 0.389. The molecule has 0 saturated heterocycles. The van der Waals surface area contributed by atoms with Crippen LogP contribution in [0.2, 0.25) is 0 Å². The second kappa shape index (κ2) is 3.51. The fourth-order valence-electron chi connectivity index (χ4n) is 0.762. The Balaban J connectivity index is 2.94. The molecular formula is C8H8N2O. The molecular weight excluding hydrogens is 140 g/mol. The van der Waals surface area contributed by atoms with Crippen molar-refractivity contribution in [2.75, 3.05) is 0 Å². The van der Waals surface area contributed by atoms with Gasteiger partial charge in [-0.1, -0.05) is 30.3 Å². The van der Waals surface area contributed by atoms with E-state index in [1.807, 2.05) is 30.3 Å². The van der Waals surface area contributed by atoms with Crippen LogP contribution in [0.1, 0.15) is 5.56 Å². The molecule has 11 heavy (non-hydrogen) atoms. The van der Waals surface area contributed by atoms with Crippen molar-refractivity contribution in [3.8, 4) is 0 Å². The molecule has 0 heterocycles. The van der Waals surface area contributed by atoms with E-state index in [2.05, 4.69) is 5.18 Å². The maximum absolute atomic E-state index is 9.78. The largest absolute Gasteiger partial charge is 0.397 e. The Bertz CT molecular complexity index is 267. The van der Waals surface area contributed by atoms with Crippen molar-refractivity contribution in [2.24, 2.45) is 10.9 Å². The Kier molecular flexibility index (Phi) is 2.38. The molecule has 0 unspecified atom stereocenters. The zero-order chi connectivity index (χ0) is 8.10. The van der Waals surface area contributed by atoms with Crippen LogP contribution in [0.5, 0.6) is 0 Å². The highest BCUT2D eigenvalue weighted by Crippen LogP contribution is 2.06. The van der Waals surface area contributed by atoms with E-state index >= 15 is 0 Å². The molecule has 1 aromatic rings. The van der Waals surface area contributed by atoms with Crippen LogP contribution in [-0.2, 0) is 0 Å². The van der Waals surface area contributed by atoms with Crippen molar-refractivity contribution in [1.29, 1.82) is 0 Å². The quantitative estimate of drug-likeness (QED) is 0.649. The summed E-state index contributed by atoms with van der Waals surface area (Å²) in [6, 6.07) is 9.21. The summed E-state index contributed by atoms with van der Waals surface area (Å²) in [6.45, 7) is 0.